The summed E-state index contributed by atoms with van der Waals surface area (Å²) in [6.07, 6.45) is 4.94. The van der Waals surface area contributed by atoms with E-state index in [9.17, 15) is 0 Å². The van der Waals surface area contributed by atoms with Gasteiger partial charge in [0.25, 0.3) is 0 Å². The number of imidazole rings is 1. The van der Waals surface area contributed by atoms with Crippen molar-refractivity contribution in [1.29, 1.82) is 0 Å². The van der Waals surface area contributed by atoms with Crippen LogP contribution in [-0.4, -0.2) is 33.7 Å². The maximum Gasteiger partial charge on any atom is 0.205 e. The highest BCUT2D eigenvalue weighted by atomic mass is 16.5. The van der Waals surface area contributed by atoms with E-state index < -0.39 is 0 Å². The van der Waals surface area contributed by atoms with Gasteiger partial charge in [-0.25, -0.2) is 9.97 Å². The van der Waals surface area contributed by atoms with Crippen LogP contribution in [-0.2, 0) is 6.54 Å². The van der Waals surface area contributed by atoms with Gasteiger partial charge in [0, 0.05) is 18.3 Å². The average Bonchev–Trinajstić information content (AvgIpc) is 3.20. The molecule has 0 spiro atoms. The van der Waals surface area contributed by atoms with Crippen LogP contribution in [0.25, 0.3) is 11.2 Å². The molecular weight excluding hydrogens is 314 g/mol. The lowest BCUT2D eigenvalue weighted by Crippen LogP contribution is -2.22. The topological polar surface area (TPSA) is 78.0 Å². The van der Waals surface area contributed by atoms with Crippen LogP contribution >= 0.6 is 0 Å². The van der Waals surface area contributed by atoms with Crippen LogP contribution in [0.1, 0.15) is 24.8 Å². The van der Waals surface area contributed by atoms with E-state index >= 15 is 0 Å². The summed E-state index contributed by atoms with van der Waals surface area (Å²) < 4.78 is 7.38. The van der Waals surface area contributed by atoms with E-state index in [2.05, 4.69) is 27.0 Å². The molecule has 130 valence electrons. The fraction of sp³-hybridized carbons (Fsp3) is 0.368. The monoisotopic (exact) mass is 337 g/mol. The molecule has 25 heavy (non-hydrogen) atoms. The molecular formula is C19H23N5O. The van der Waals surface area contributed by atoms with Gasteiger partial charge in [-0.1, -0.05) is 12.1 Å². The number of methoxy groups -OCH3 is 1. The molecule has 1 aliphatic rings. The van der Waals surface area contributed by atoms with E-state index in [-0.39, 0.29) is 6.04 Å². The van der Waals surface area contributed by atoms with Crippen molar-refractivity contribution in [3.8, 4) is 5.75 Å². The quantitative estimate of drug-likeness (QED) is 0.748. The largest absolute Gasteiger partial charge is 0.497 e. The molecule has 0 bridgehead atoms. The van der Waals surface area contributed by atoms with E-state index in [0.717, 1.165) is 42.1 Å². The highest BCUT2D eigenvalue weighted by Crippen LogP contribution is 2.25. The van der Waals surface area contributed by atoms with Crippen molar-refractivity contribution in [1.82, 2.24) is 14.5 Å². The summed E-state index contributed by atoms with van der Waals surface area (Å²) in [7, 11) is 1.68. The van der Waals surface area contributed by atoms with Crippen LogP contribution in [0.2, 0.25) is 0 Å². The Labute approximate surface area is 147 Å². The molecule has 2 aromatic heterocycles. The number of nitrogens with two attached hydrogens (primary N) is 1. The second-order valence-corrected chi connectivity index (χ2v) is 6.63. The molecule has 3 aromatic rings. The van der Waals surface area contributed by atoms with Crippen molar-refractivity contribution < 1.29 is 4.74 Å². The van der Waals surface area contributed by atoms with Gasteiger partial charge >= 0.3 is 0 Å². The molecule has 2 unspecified atom stereocenters. The van der Waals surface area contributed by atoms with Crippen LogP contribution in [0.4, 0.5) is 5.95 Å². The Kier molecular flexibility index (Phi) is 4.28. The van der Waals surface area contributed by atoms with Gasteiger partial charge in [0.2, 0.25) is 5.95 Å². The number of rotatable bonds is 5. The van der Waals surface area contributed by atoms with Gasteiger partial charge in [0.1, 0.15) is 11.3 Å². The van der Waals surface area contributed by atoms with Gasteiger partial charge in [-0.15, -0.1) is 0 Å². The van der Waals surface area contributed by atoms with Crippen molar-refractivity contribution in [2.45, 2.75) is 37.9 Å². The van der Waals surface area contributed by atoms with Crippen LogP contribution < -0.4 is 15.8 Å². The number of hydrogen-bond donors (Lipinski definition) is 2. The van der Waals surface area contributed by atoms with Gasteiger partial charge in [-0.2, -0.15) is 0 Å². The zero-order chi connectivity index (χ0) is 17.2. The Morgan fingerprint density at radius 2 is 2.08 bits per heavy atom. The predicted octanol–water partition coefficient (Wildman–Crippen LogP) is 2.78. The van der Waals surface area contributed by atoms with Crippen molar-refractivity contribution in [2.24, 2.45) is 5.73 Å². The SMILES string of the molecule is COc1ccc(Cn2c(NC3CCC(N)C3)nc3cccnc32)cc1. The number of aromatic nitrogens is 3. The molecule has 1 fully saturated rings. The lowest BCUT2D eigenvalue weighted by Gasteiger charge is -2.15. The molecule has 0 aliphatic heterocycles. The number of hydrogen-bond acceptors (Lipinski definition) is 5. The molecule has 1 saturated carbocycles. The van der Waals surface area contributed by atoms with Crippen molar-refractivity contribution in [3.63, 3.8) is 0 Å². The molecule has 3 N–H and O–H groups in total. The minimum Gasteiger partial charge on any atom is -0.497 e. The summed E-state index contributed by atoms with van der Waals surface area (Å²) in [6.45, 7) is 0.707. The minimum absolute atomic E-state index is 0.287. The number of anilines is 1. The molecule has 2 heterocycles. The van der Waals surface area contributed by atoms with Crippen LogP contribution in [0.15, 0.2) is 42.6 Å². The van der Waals surface area contributed by atoms with E-state index in [1.165, 1.54) is 5.56 Å². The molecule has 0 radical (unpaired) electrons. The summed E-state index contributed by atoms with van der Waals surface area (Å²) >= 11 is 0. The Morgan fingerprint density at radius 3 is 2.80 bits per heavy atom. The fourth-order valence-electron chi connectivity index (χ4n) is 3.46. The Hall–Kier alpha value is -2.60. The van der Waals surface area contributed by atoms with Gasteiger partial charge in [-0.3, -0.25) is 4.57 Å². The first-order valence-corrected chi connectivity index (χ1v) is 8.69. The summed E-state index contributed by atoms with van der Waals surface area (Å²) in [5.41, 5.74) is 9.02. The Bertz CT molecular complexity index is 858. The number of nitrogens with one attached hydrogen (secondary N) is 1. The van der Waals surface area contributed by atoms with E-state index in [1.807, 2.05) is 30.5 Å². The molecule has 4 rings (SSSR count). The third kappa shape index (κ3) is 3.30. The number of nitrogens with zero attached hydrogens (tertiary/aromatic N) is 3. The standard InChI is InChI=1S/C19H23N5O/c1-25-16-8-4-13(5-9-16)12-24-18-17(3-2-10-21-18)23-19(24)22-15-7-6-14(20)11-15/h2-5,8-10,14-15H,6-7,11-12,20H2,1H3,(H,22,23). The average molecular weight is 337 g/mol. The number of fused-ring (bicyclic) bond motifs is 1. The lowest BCUT2D eigenvalue weighted by atomic mass is 10.2. The highest BCUT2D eigenvalue weighted by molar-refractivity contribution is 5.74. The van der Waals surface area contributed by atoms with Gasteiger partial charge in [0.05, 0.1) is 13.7 Å². The van der Waals surface area contributed by atoms with Gasteiger partial charge < -0.3 is 15.8 Å². The zero-order valence-electron chi connectivity index (χ0n) is 14.4. The third-order valence-electron chi connectivity index (χ3n) is 4.81. The Morgan fingerprint density at radius 1 is 1.24 bits per heavy atom. The van der Waals surface area contributed by atoms with E-state index in [1.54, 1.807) is 7.11 Å². The zero-order valence-corrected chi connectivity index (χ0v) is 14.4. The van der Waals surface area contributed by atoms with Crippen molar-refractivity contribution in [3.05, 3.63) is 48.2 Å². The van der Waals surface area contributed by atoms with Crippen LogP contribution in [0.5, 0.6) is 5.75 Å². The third-order valence-corrected chi connectivity index (χ3v) is 4.81. The predicted molar refractivity (Wildman–Crippen MR) is 98.9 cm³/mol. The fourth-order valence-corrected chi connectivity index (χ4v) is 3.46. The van der Waals surface area contributed by atoms with Gasteiger partial charge in [0.15, 0.2) is 5.65 Å². The molecule has 0 saturated heterocycles. The number of pyridine rings is 1. The molecule has 2 atom stereocenters. The summed E-state index contributed by atoms with van der Waals surface area (Å²) in [4.78, 5) is 9.29. The number of benzene rings is 1. The lowest BCUT2D eigenvalue weighted by molar-refractivity contribution is 0.414. The first-order valence-electron chi connectivity index (χ1n) is 8.69. The summed E-state index contributed by atoms with van der Waals surface area (Å²) in [5.74, 6) is 1.72. The normalized spacial score (nSPS) is 20.1. The molecule has 1 aromatic carbocycles. The minimum atomic E-state index is 0.287. The molecule has 1 aliphatic carbocycles. The summed E-state index contributed by atoms with van der Waals surface area (Å²) in [5, 5.41) is 3.58. The Balaban J connectivity index is 1.66. The second-order valence-electron chi connectivity index (χ2n) is 6.63. The first-order chi connectivity index (χ1) is 12.2. The summed E-state index contributed by atoms with van der Waals surface area (Å²) in [6, 6.07) is 12.7. The van der Waals surface area contributed by atoms with Crippen LogP contribution in [0, 0.1) is 0 Å². The number of ether oxygens (including phenoxy) is 1. The molecule has 0 amide bonds. The van der Waals surface area contributed by atoms with E-state index in [4.69, 9.17) is 15.5 Å². The highest BCUT2D eigenvalue weighted by Gasteiger charge is 2.23. The van der Waals surface area contributed by atoms with Crippen molar-refractivity contribution >= 4 is 17.1 Å². The second kappa shape index (κ2) is 6.72. The first kappa shape index (κ1) is 15.9. The smallest absolute Gasteiger partial charge is 0.205 e. The maximum atomic E-state index is 6.05. The van der Waals surface area contributed by atoms with Crippen molar-refractivity contribution in [2.75, 3.05) is 12.4 Å². The van der Waals surface area contributed by atoms with Crippen LogP contribution in [0.3, 0.4) is 0 Å². The molecule has 6 heteroatoms. The molecule has 6 nitrogen and oxygen atoms in total. The van der Waals surface area contributed by atoms with E-state index in [0.29, 0.717) is 12.6 Å². The maximum absolute atomic E-state index is 6.05. The van der Waals surface area contributed by atoms with Gasteiger partial charge in [-0.05, 0) is 49.1 Å².